The van der Waals surface area contributed by atoms with Crippen LogP contribution < -0.4 is 5.56 Å². The SMILES string of the molecule is O=c1cccc2nc(CC3CCS(=O)(=O)C3)[nH]n12. The van der Waals surface area contributed by atoms with E-state index in [-0.39, 0.29) is 23.0 Å². The molecule has 3 heterocycles. The Morgan fingerprint density at radius 2 is 2.28 bits per heavy atom. The van der Waals surface area contributed by atoms with Gasteiger partial charge in [-0.1, -0.05) is 6.07 Å². The Morgan fingerprint density at radius 3 is 2.94 bits per heavy atom. The lowest BCUT2D eigenvalue weighted by molar-refractivity contribution is 0.568. The smallest absolute Gasteiger partial charge is 0.271 e. The molecule has 1 atom stereocenters. The molecule has 0 bridgehead atoms. The van der Waals surface area contributed by atoms with Gasteiger partial charge in [-0.2, -0.15) is 0 Å². The molecule has 1 aliphatic rings. The van der Waals surface area contributed by atoms with Gasteiger partial charge in [0.15, 0.2) is 15.5 Å². The lowest BCUT2D eigenvalue weighted by Crippen LogP contribution is -2.12. The molecule has 1 aliphatic heterocycles. The Labute approximate surface area is 104 Å². The number of rotatable bonds is 2. The number of H-pyrrole nitrogens is 1. The normalized spacial score (nSPS) is 22.6. The van der Waals surface area contributed by atoms with Crippen LogP contribution in [0, 0.1) is 5.92 Å². The number of hydrogen-bond donors (Lipinski definition) is 1. The molecule has 2 aromatic rings. The molecule has 0 aromatic carbocycles. The van der Waals surface area contributed by atoms with Gasteiger partial charge in [-0.15, -0.1) is 0 Å². The molecule has 0 spiro atoms. The minimum absolute atomic E-state index is 0.103. The van der Waals surface area contributed by atoms with E-state index < -0.39 is 9.84 Å². The van der Waals surface area contributed by atoms with Crippen LogP contribution in [0.25, 0.3) is 5.65 Å². The largest absolute Gasteiger partial charge is 0.276 e. The van der Waals surface area contributed by atoms with Gasteiger partial charge in [-0.25, -0.2) is 17.9 Å². The van der Waals surface area contributed by atoms with Crippen molar-refractivity contribution in [3.05, 3.63) is 34.4 Å². The molecule has 0 saturated carbocycles. The van der Waals surface area contributed by atoms with Crippen LogP contribution in [0.3, 0.4) is 0 Å². The Bertz CT molecular complexity index is 744. The summed E-state index contributed by atoms with van der Waals surface area (Å²) in [5.41, 5.74) is 0.406. The quantitative estimate of drug-likeness (QED) is 0.830. The van der Waals surface area contributed by atoms with Crippen LogP contribution in [0.2, 0.25) is 0 Å². The third kappa shape index (κ3) is 2.05. The summed E-state index contributed by atoms with van der Waals surface area (Å²) in [6.45, 7) is 0. The second kappa shape index (κ2) is 3.94. The highest BCUT2D eigenvalue weighted by Crippen LogP contribution is 2.21. The Balaban J connectivity index is 1.88. The molecule has 1 fully saturated rings. The van der Waals surface area contributed by atoms with Crippen LogP contribution in [-0.2, 0) is 16.3 Å². The van der Waals surface area contributed by atoms with E-state index in [9.17, 15) is 13.2 Å². The van der Waals surface area contributed by atoms with Gasteiger partial charge in [0.2, 0.25) is 0 Å². The monoisotopic (exact) mass is 267 g/mol. The van der Waals surface area contributed by atoms with Crippen LogP contribution in [0.1, 0.15) is 12.2 Å². The molecular formula is C11H13N3O3S. The van der Waals surface area contributed by atoms with Crippen molar-refractivity contribution in [3.63, 3.8) is 0 Å². The fraction of sp³-hybridized carbons (Fsp3) is 0.455. The maximum absolute atomic E-state index is 11.5. The molecular weight excluding hydrogens is 254 g/mol. The van der Waals surface area contributed by atoms with Gasteiger partial charge in [-0.3, -0.25) is 9.89 Å². The van der Waals surface area contributed by atoms with Gasteiger partial charge in [-0.05, 0) is 18.4 Å². The molecule has 18 heavy (non-hydrogen) atoms. The van der Waals surface area contributed by atoms with Crippen LogP contribution in [0.15, 0.2) is 23.0 Å². The third-order valence-electron chi connectivity index (χ3n) is 3.23. The van der Waals surface area contributed by atoms with E-state index in [4.69, 9.17) is 0 Å². The molecule has 3 rings (SSSR count). The molecule has 2 aromatic heterocycles. The van der Waals surface area contributed by atoms with E-state index in [2.05, 4.69) is 10.1 Å². The Hall–Kier alpha value is -1.63. The van der Waals surface area contributed by atoms with Crippen molar-refractivity contribution in [3.8, 4) is 0 Å². The second-order valence-corrected chi connectivity index (χ2v) is 6.93. The van der Waals surface area contributed by atoms with Crippen LogP contribution >= 0.6 is 0 Å². The van der Waals surface area contributed by atoms with E-state index in [1.165, 1.54) is 10.6 Å². The first-order chi connectivity index (χ1) is 8.53. The molecule has 7 heteroatoms. The second-order valence-electron chi connectivity index (χ2n) is 4.70. The number of nitrogens with one attached hydrogen (secondary N) is 1. The van der Waals surface area contributed by atoms with Crippen LogP contribution in [-0.4, -0.2) is 34.5 Å². The summed E-state index contributed by atoms with van der Waals surface area (Å²) in [4.78, 5) is 15.8. The van der Waals surface area contributed by atoms with Gasteiger partial charge >= 0.3 is 0 Å². The average molecular weight is 267 g/mol. The molecule has 1 saturated heterocycles. The molecule has 6 nitrogen and oxygen atoms in total. The van der Waals surface area contributed by atoms with Crippen molar-refractivity contribution in [2.45, 2.75) is 12.8 Å². The van der Waals surface area contributed by atoms with Crippen LogP contribution in [0.5, 0.6) is 0 Å². The Morgan fingerprint density at radius 1 is 1.44 bits per heavy atom. The highest BCUT2D eigenvalue weighted by molar-refractivity contribution is 7.91. The standard InChI is InChI=1S/C11H13N3O3S/c15-11-3-1-2-10-12-9(13-14(10)11)6-8-4-5-18(16,17)7-8/h1-3,8H,4-7H2,(H,12,13). The Kier molecular flexibility index (Phi) is 2.51. The van der Waals surface area contributed by atoms with E-state index in [1.807, 2.05) is 0 Å². The van der Waals surface area contributed by atoms with Crippen molar-refractivity contribution in [1.82, 2.24) is 14.6 Å². The van der Waals surface area contributed by atoms with Crippen molar-refractivity contribution in [2.24, 2.45) is 5.92 Å². The summed E-state index contributed by atoms with van der Waals surface area (Å²) >= 11 is 0. The number of fused-ring (bicyclic) bond motifs is 1. The van der Waals surface area contributed by atoms with E-state index in [0.717, 1.165) is 0 Å². The first kappa shape index (κ1) is 11.5. The predicted molar refractivity (Wildman–Crippen MR) is 66.3 cm³/mol. The summed E-state index contributed by atoms with van der Waals surface area (Å²) in [6.07, 6.45) is 1.24. The minimum atomic E-state index is -2.86. The van der Waals surface area contributed by atoms with Crippen LogP contribution in [0.4, 0.5) is 0 Å². The maximum Gasteiger partial charge on any atom is 0.271 e. The summed E-state index contributed by atoms with van der Waals surface area (Å²) in [5, 5.41) is 2.92. The molecule has 0 radical (unpaired) electrons. The maximum atomic E-state index is 11.5. The van der Waals surface area contributed by atoms with E-state index in [0.29, 0.717) is 24.3 Å². The fourth-order valence-electron chi connectivity index (χ4n) is 2.37. The van der Waals surface area contributed by atoms with Gasteiger partial charge in [0.05, 0.1) is 11.5 Å². The first-order valence-electron chi connectivity index (χ1n) is 5.81. The molecule has 1 N–H and O–H groups in total. The number of aromatic amines is 1. The average Bonchev–Trinajstić information content (AvgIpc) is 2.83. The minimum Gasteiger partial charge on any atom is -0.276 e. The topological polar surface area (TPSA) is 84.3 Å². The number of hydrogen-bond acceptors (Lipinski definition) is 4. The summed E-state index contributed by atoms with van der Waals surface area (Å²) in [7, 11) is -2.86. The molecule has 0 amide bonds. The number of sulfone groups is 1. The molecule has 1 unspecified atom stereocenters. The van der Waals surface area contributed by atoms with E-state index >= 15 is 0 Å². The summed E-state index contributed by atoms with van der Waals surface area (Å²) < 4.78 is 24.1. The molecule has 0 aliphatic carbocycles. The van der Waals surface area contributed by atoms with Gasteiger partial charge in [0.25, 0.3) is 5.56 Å². The van der Waals surface area contributed by atoms with Crippen molar-refractivity contribution < 1.29 is 8.42 Å². The zero-order valence-corrected chi connectivity index (χ0v) is 10.5. The van der Waals surface area contributed by atoms with Crippen molar-refractivity contribution in [1.29, 1.82) is 0 Å². The number of nitrogens with zero attached hydrogens (tertiary/aromatic N) is 2. The van der Waals surface area contributed by atoms with Gasteiger partial charge < -0.3 is 0 Å². The third-order valence-corrected chi connectivity index (χ3v) is 5.07. The number of pyridine rings is 1. The zero-order chi connectivity index (χ0) is 12.8. The van der Waals surface area contributed by atoms with Crippen molar-refractivity contribution >= 4 is 15.5 Å². The summed E-state index contributed by atoms with van der Waals surface area (Å²) in [5.74, 6) is 1.25. The van der Waals surface area contributed by atoms with Crippen molar-refractivity contribution in [2.75, 3.05) is 11.5 Å². The number of aromatic nitrogens is 3. The fourth-order valence-corrected chi connectivity index (χ4v) is 4.23. The lowest BCUT2D eigenvalue weighted by Gasteiger charge is -2.02. The lowest BCUT2D eigenvalue weighted by atomic mass is 10.1. The highest BCUT2D eigenvalue weighted by atomic mass is 32.2. The van der Waals surface area contributed by atoms with E-state index in [1.54, 1.807) is 12.1 Å². The summed E-state index contributed by atoms with van der Waals surface area (Å²) in [6, 6.07) is 4.85. The van der Waals surface area contributed by atoms with Gasteiger partial charge in [0, 0.05) is 12.5 Å². The highest BCUT2D eigenvalue weighted by Gasteiger charge is 2.28. The molecule has 96 valence electrons. The first-order valence-corrected chi connectivity index (χ1v) is 7.63. The van der Waals surface area contributed by atoms with Gasteiger partial charge in [0.1, 0.15) is 5.82 Å². The predicted octanol–water partition coefficient (Wildman–Crippen LogP) is -0.000200. The zero-order valence-electron chi connectivity index (χ0n) is 9.67.